The van der Waals surface area contributed by atoms with Crippen molar-refractivity contribution >= 4 is 23.3 Å². The van der Waals surface area contributed by atoms with Gasteiger partial charge in [-0.2, -0.15) is 0 Å². The molecule has 2 aliphatic carbocycles. The molecule has 2 fully saturated rings. The second kappa shape index (κ2) is 3.70. The van der Waals surface area contributed by atoms with Crippen molar-refractivity contribution in [3.8, 4) is 0 Å². The minimum atomic E-state index is 0.0730. The summed E-state index contributed by atoms with van der Waals surface area (Å²) < 4.78 is 0. The van der Waals surface area contributed by atoms with Crippen LogP contribution < -0.4 is 5.32 Å². The van der Waals surface area contributed by atoms with Crippen molar-refractivity contribution in [2.45, 2.75) is 19.3 Å². The number of carbonyl (C=O) groups excluding carboxylic acids is 1. The summed E-state index contributed by atoms with van der Waals surface area (Å²) in [6.45, 7) is 0. The maximum absolute atomic E-state index is 11.9. The van der Waals surface area contributed by atoms with E-state index in [2.05, 4.69) is 15.3 Å². The molecule has 2 unspecified atom stereocenters. The van der Waals surface area contributed by atoms with Gasteiger partial charge in [0.25, 0.3) is 0 Å². The molecule has 4 nitrogen and oxygen atoms in total. The summed E-state index contributed by atoms with van der Waals surface area (Å²) in [5.41, 5.74) is 0. The van der Waals surface area contributed by atoms with Crippen LogP contribution in [-0.4, -0.2) is 15.9 Å². The van der Waals surface area contributed by atoms with Gasteiger partial charge in [-0.3, -0.25) is 4.79 Å². The summed E-state index contributed by atoms with van der Waals surface area (Å²) in [6.07, 6.45) is 6.32. The summed E-state index contributed by atoms with van der Waals surface area (Å²) in [7, 11) is 0. The fraction of sp³-hybridized carbons (Fsp3) is 0.545. The van der Waals surface area contributed by atoms with Gasteiger partial charge in [-0.25, -0.2) is 9.97 Å². The monoisotopic (exact) mass is 237 g/mol. The molecule has 1 aromatic heterocycles. The highest BCUT2D eigenvalue weighted by Crippen LogP contribution is 2.54. The summed E-state index contributed by atoms with van der Waals surface area (Å²) in [5.74, 6) is 2.35. The highest BCUT2D eigenvalue weighted by atomic mass is 35.5. The Morgan fingerprint density at radius 1 is 1.25 bits per heavy atom. The van der Waals surface area contributed by atoms with E-state index in [1.165, 1.54) is 18.8 Å². The zero-order valence-corrected chi connectivity index (χ0v) is 9.44. The van der Waals surface area contributed by atoms with Crippen LogP contribution in [0.4, 0.5) is 5.82 Å². The number of nitrogens with zero attached hydrogens (tertiary/aromatic N) is 2. The van der Waals surface area contributed by atoms with Crippen LogP contribution in [0.1, 0.15) is 19.3 Å². The Labute approximate surface area is 98.4 Å². The van der Waals surface area contributed by atoms with Crippen LogP contribution in [0.5, 0.6) is 0 Å². The first-order valence-electron chi connectivity index (χ1n) is 5.51. The van der Waals surface area contributed by atoms with Crippen molar-refractivity contribution in [2.75, 3.05) is 5.32 Å². The van der Waals surface area contributed by atoms with E-state index in [-0.39, 0.29) is 11.8 Å². The van der Waals surface area contributed by atoms with Crippen molar-refractivity contribution in [2.24, 2.45) is 17.8 Å². The first kappa shape index (κ1) is 10.0. The largest absolute Gasteiger partial charge is 0.309 e. The molecule has 5 heteroatoms. The molecule has 2 aliphatic rings. The van der Waals surface area contributed by atoms with Crippen molar-refractivity contribution in [3.63, 3.8) is 0 Å². The number of amides is 1. The predicted octanol–water partition coefficient (Wildman–Crippen LogP) is 2.11. The van der Waals surface area contributed by atoms with Crippen LogP contribution in [0.2, 0.25) is 5.15 Å². The van der Waals surface area contributed by atoms with Gasteiger partial charge in [0.05, 0.1) is 12.4 Å². The molecule has 2 saturated carbocycles. The van der Waals surface area contributed by atoms with Crippen molar-refractivity contribution in [3.05, 3.63) is 17.5 Å². The summed E-state index contributed by atoms with van der Waals surface area (Å²) in [6, 6.07) is 0. The Bertz CT molecular complexity index is 410. The van der Waals surface area contributed by atoms with Gasteiger partial charge in [-0.1, -0.05) is 11.6 Å². The van der Waals surface area contributed by atoms with Crippen LogP contribution >= 0.6 is 11.6 Å². The molecule has 1 amide bonds. The van der Waals surface area contributed by atoms with Gasteiger partial charge in [-0.15, -0.1) is 0 Å². The lowest BCUT2D eigenvalue weighted by molar-refractivity contribution is -0.120. The zero-order chi connectivity index (χ0) is 11.1. The van der Waals surface area contributed by atoms with Crippen molar-refractivity contribution < 1.29 is 4.79 Å². The number of halogens is 1. The molecule has 0 radical (unpaired) electrons. The molecule has 16 heavy (non-hydrogen) atoms. The molecule has 3 rings (SSSR count). The lowest BCUT2D eigenvalue weighted by Gasteiger charge is -2.11. The van der Waals surface area contributed by atoms with E-state index < -0.39 is 0 Å². The maximum atomic E-state index is 11.9. The minimum Gasteiger partial charge on any atom is -0.309 e. The van der Waals surface area contributed by atoms with Gasteiger partial charge < -0.3 is 5.32 Å². The van der Waals surface area contributed by atoms with E-state index in [4.69, 9.17) is 11.6 Å². The van der Waals surface area contributed by atoms with E-state index in [9.17, 15) is 4.79 Å². The third kappa shape index (κ3) is 1.89. The number of nitrogens with one attached hydrogen (secondary N) is 1. The SMILES string of the molecule is O=C(Nc1cnc(Cl)cn1)C1CC2CC2C1. The molecule has 2 atom stereocenters. The molecule has 1 N–H and O–H groups in total. The predicted molar refractivity (Wildman–Crippen MR) is 60.0 cm³/mol. The molecule has 0 bridgehead atoms. The van der Waals surface area contributed by atoms with Gasteiger partial charge in [0.15, 0.2) is 5.82 Å². The summed E-state index contributed by atoms with van der Waals surface area (Å²) >= 11 is 5.61. The minimum absolute atomic E-state index is 0.0730. The normalized spacial score (nSPS) is 30.9. The van der Waals surface area contributed by atoms with Crippen LogP contribution in [0.3, 0.4) is 0 Å². The Kier molecular flexibility index (Phi) is 2.32. The smallest absolute Gasteiger partial charge is 0.228 e. The van der Waals surface area contributed by atoms with E-state index >= 15 is 0 Å². The van der Waals surface area contributed by atoms with E-state index in [1.54, 1.807) is 0 Å². The number of anilines is 1. The molecule has 84 valence electrons. The standard InChI is InChI=1S/C11H12ClN3O/c12-9-4-14-10(5-13-9)15-11(16)8-2-6-1-7(6)3-8/h4-8H,1-3H2,(H,14,15,16). The third-order valence-corrected chi connectivity index (χ3v) is 3.68. The molecule has 0 aliphatic heterocycles. The number of carbonyl (C=O) groups is 1. The topological polar surface area (TPSA) is 54.9 Å². The molecular formula is C11H12ClN3O. The fourth-order valence-electron chi connectivity index (χ4n) is 2.53. The van der Waals surface area contributed by atoms with Crippen molar-refractivity contribution in [1.82, 2.24) is 9.97 Å². The second-order valence-electron chi connectivity index (χ2n) is 4.64. The first-order valence-corrected chi connectivity index (χ1v) is 5.88. The summed E-state index contributed by atoms with van der Waals surface area (Å²) in [4.78, 5) is 19.7. The maximum Gasteiger partial charge on any atom is 0.228 e. The van der Waals surface area contributed by atoms with E-state index in [0.717, 1.165) is 24.7 Å². The lowest BCUT2D eigenvalue weighted by Crippen LogP contribution is -2.22. The van der Waals surface area contributed by atoms with Crippen LogP contribution in [0.15, 0.2) is 12.4 Å². The van der Waals surface area contributed by atoms with Gasteiger partial charge in [0.2, 0.25) is 5.91 Å². The van der Waals surface area contributed by atoms with Crippen molar-refractivity contribution in [1.29, 1.82) is 0 Å². The summed E-state index contributed by atoms with van der Waals surface area (Å²) in [5, 5.41) is 3.11. The highest BCUT2D eigenvalue weighted by Gasteiger charge is 2.47. The molecule has 0 saturated heterocycles. The van der Waals surface area contributed by atoms with Crippen LogP contribution in [0, 0.1) is 17.8 Å². The zero-order valence-electron chi connectivity index (χ0n) is 8.69. The number of hydrogen-bond donors (Lipinski definition) is 1. The highest BCUT2D eigenvalue weighted by molar-refractivity contribution is 6.29. The average molecular weight is 238 g/mol. The first-order chi connectivity index (χ1) is 7.72. The molecule has 1 heterocycles. The van der Waals surface area contributed by atoms with Crippen LogP contribution in [0.25, 0.3) is 0 Å². The van der Waals surface area contributed by atoms with E-state index in [1.807, 2.05) is 0 Å². The molecule has 0 aromatic carbocycles. The van der Waals surface area contributed by atoms with Gasteiger partial charge >= 0.3 is 0 Å². The third-order valence-electron chi connectivity index (χ3n) is 3.49. The van der Waals surface area contributed by atoms with Gasteiger partial charge in [0, 0.05) is 5.92 Å². The Morgan fingerprint density at radius 3 is 2.62 bits per heavy atom. The Balaban J connectivity index is 1.61. The number of rotatable bonds is 2. The molecule has 1 aromatic rings. The fourth-order valence-corrected chi connectivity index (χ4v) is 2.63. The van der Waals surface area contributed by atoms with Gasteiger partial charge in [0.1, 0.15) is 5.15 Å². The number of hydrogen-bond acceptors (Lipinski definition) is 3. The Morgan fingerprint density at radius 2 is 2.00 bits per heavy atom. The van der Waals surface area contributed by atoms with Crippen LogP contribution in [-0.2, 0) is 4.79 Å². The second-order valence-corrected chi connectivity index (χ2v) is 5.03. The lowest BCUT2D eigenvalue weighted by atomic mass is 10.0. The average Bonchev–Trinajstić information content (AvgIpc) is 2.89. The molecule has 0 spiro atoms. The Hall–Kier alpha value is -1.16. The quantitative estimate of drug-likeness (QED) is 0.857. The van der Waals surface area contributed by atoms with Gasteiger partial charge in [-0.05, 0) is 31.1 Å². The molecular weight excluding hydrogens is 226 g/mol. The number of fused-ring (bicyclic) bond motifs is 1. The van der Waals surface area contributed by atoms with E-state index in [0.29, 0.717) is 11.0 Å². The number of aromatic nitrogens is 2.